The summed E-state index contributed by atoms with van der Waals surface area (Å²) in [5.41, 5.74) is 1.03. The lowest BCUT2D eigenvalue weighted by Gasteiger charge is -2.35. The van der Waals surface area contributed by atoms with Gasteiger partial charge in [-0.15, -0.1) is 0 Å². The van der Waals surface area contributed by atoms with Gasteiger partial charge in [0, 0.05) is 25.6 Å². The van der Waals surface area contributed by atoms with Gasteiger partial charge in [0.25, 0.3) is 0 Å². The zero-order valence-electron chi connectivity index (χ0n) is 16.9. The summed E-state index contributed by atoms with van der Waals surface area (Å²) in [5, 5.41) is 0. The van der Waals surface area contributed by atoms with Gasteiger partial charge in [0.05, 0.1) is 12.8 Å². The average Bonchev–Trinajstić information content (AvgIpc) is 2.98. The number of piperidine rings is 1. The first kappa shape index (κ1) is 19.5. The van der Waals surface area contributed by atoms with E-state index in [4.69, 9.17) is 9.47 Å². The molecule has 3 rings (SSSR count). The minimum Gasteiger partial charge on any atom is -0.497 e. The zero-order chi connectivity index (χ0) is 19.8. The Hall–Kier alpha value is -2.24. The molecule has 0 N–H and O–H groups in total. The standard InChI is InChI=1S/C21H30N2O4/c1-14-7-6-10-22(13-14)19(24)18-11-15-8-9-16(26-5)12-17(15)23(18)20(25)27-21(2,3)4/h8-9,12,14,18H,6-7,10-11,13H2,1-5H3. The molecule has 2 unspecified atom stereocenters. The first-order valence-corrected chi connectivity index (χ1v) is 9.67. The van der Waals surface area contributed by atoms with Gasteiger partial charge in [-0.05, 0) is 51.2 Å². The molecule has 0 saturated carbocycles. The predicted molar refractivity (Wildman–Crippen MR) is 104 cm³/mol. The molecular formula is C21H30N2O4. The number of amides is 2. The Morgan fingerprint density at radius 1 is 1.22 bits per heavy atom. The molecule has 2 heterocycles. The fourth-order valence-electron chi connectivity index (χ4n) is 3.87. The van der Waals surface area contributed by atoms with E-state index < -0.39 is 17.7 Å². The minimum absolute atomic E-state index is 0.00239. The highest BCUT2D eigenvalue weighted by molar-refractivity contribution is 6.01. The van der Waals surface area contributed by atoms with Gasteiger partial charge in [-0.1, -0.05) is 13.0 Å². The van der Waals surface area contributed by atoms with E-state index in [-0.39, 0.29) is 5.91 Å². The second kappa shape index (κ2) is 7.41. The van der Waals surface area contributed by atoms with Crippen LogP contribution in [0.25, 0.3) is 0 Å². The summed E-state index contributed by atoms with van der Waals surface area (Å²) in [6, 6.07) is 5.04. The lowest BCUT2D eigenvalue weighted by atomic mass is 9.99. The second-order valence-electron chi connectivity index (χ2n) is 8.60. The van der Waals surface area contributed by atoms with Gasteiger partial charge in [-0.25, -0.2) is 4.79 Å². The molecular weight excluding hydrogens is 344 g/mol. The fraction of sp³-hybridized carbons (Fsp3) is 0.619. The number of ether oxygens (including phenoxy) is 2. The van der Waals surface area contributed by atoms with Gasteiger partial charge in [0.2, 0.25) is 5.91 Å². The molecule has 6 nitrogen and oxygen atoms in total. The van der Waals surface area contributed by atoms with Crippen LogP contribution in [0.3, 0.4) is 0 Å². The SMILES string of the molecule is COc1ccc2c(c1)N(C(=O)OC(C)(C)C)C(C(=O)N1CCCC(C)C1)C2. The third kappa shape index (κ3) is 4.20. The molecule has 0 spiro atoms. The minimum atomic E-state index is -0.633. The van der Waals surface area contributed by atoms with Crippen LogP contribution in [0.1, 0.15) is 46.1 Å². The van der Waals surface area contributed by atoms with E-state index in [1.165, 1.54) is 4.90 Å². The Morgan fingerprint density at radius 2 is 1.96 bits per heavy atom. The van der Waals surface area contributed by atoms with E-state index >= 15 is 0 Å². The average molecular weight is 374 g/mol. The number of anilines is 1. The van der Waals surface area contributed by atoms with Crippen LogP contribution in [0.5, 0.6) is 5.75 Å². The molecule has 27 heavy (non-hydrogen) atoms. The number of hydrogen-bond donors (Lipinski definition) is 0. The predicted octanol–water partition coefficient (Wildman–Crippen LogP) is 3.62. The Labute approximate surface area is 161 Å². The van der Waals surface area contributed by atoms with Crippen molar-refractivity contribution in [2.45, 2.75) is 58.6 Å². The summed E-state index contributed by atoms with van der Waals surface area (Å²) < 4.78 is 10.9. The van der Waals surface area contributed by atoms with Crippen molar-refractivity contribution in [1.82, 2.24) is 4.90 Å². The Morgan fingerprint density at radius 3 is 2.59 bits per heavy atom. The number of hydrogen-bond acceptors (Lipinski definition) is 4. The Bertz CT molecular complexity index is 725. The van der Waals surface area contributed by atoms with E-state index in [2.05, 4.69) is 6.92 Å². The molecule has 148 valence electrons. The van der Waals surface area contributed by atoms with E-state index in [1.54, 1.807) is 7.11 Å². The molecule has 1 aromatic rings. The number of fused-ring (bicyclic) bond motifs is 1. The number of benzene rings is 1. The monoisotopic (exact) mass is 374 g/mol. The van der Waals surface area contributed by atoms with Crippen LogP contribution in [0.4, 0.5) is 10.5 Å². The summed E-state index contributed by atoms with van der Waals surface area (Å²) in [6.07, 6.45) is 2.16. The Kier molecular flexibility index (Phi) is 5.36. The number of carbonyl (C=O) groups is 2. The van der Waals surface area contributed by atoms with Crippen molar-refractivity contribution in [2.24, 2.45) is 5.92 Å². The highest BCUT2D eigenvalue weighted by Gasteiger charge is 2.42. The van der Waals surface area contributed by atoms with Crippen LogP contribution >= 0.6 is 0 Å². The van der Waals surface area contributed by atoms with E-state index in [0.717, 1.165) is 31.5 Å². The number of rotatable bonds is 2. The molecule has 0 aliphatic carbocycles. The number of nitrogens with zero attached hydrogens (tertiary/aromatic N) is 2. The summed E-state index contributed by atoms with van der Waals surface area (Å²) in [4.78, 5) is 29.7. The molecule has 2 aliphatic rings. The van der Waals surface area contributed by atoms with Crippen molar-refractivity contribution < 1.29 is 19.1 Å². The zero-order valence-corrected chi connectivity index (χ0v) is 16.9. The van der Waals surface area contributed by atoms with Crippen LogP contribution in [-0.4, -0.2) is 48.7 Å². The summed E-state index contributed by atoms with van der Waals surface area (Å²) in [7, 11) is 1.59. The molecule has 0 bridgehead atoms. The topological polar surface area (TPSA) is 59.1 Å². The van der Waals surface area contributed by atoms with Gasteiger partial charge in [-0.2, -0.15) is 0 Å². The maximum absolute atomic E-state index is 13.3. The van der Waals surface area contributed by atoms with Crippen LogP contribution in [0, 0.1) is 5.92 Å². The molecule has 1 saturated heterocycles. The van der Waals surface area contributed by atoms with E-state index in [1.807, 2.05) is 43.9 Å². The first-order chi connectivity index (χ1) is 12.7. The molecule has 2 amide bonds. The van der Waals surface area contributed by atoms with Crippen molar-refractivity contribution in [3.63, 3.8) is 0 Å². The maximum atomic E-state index is 13.3. The van der Waals surface area contributed by atoms with Crippen molar-refractivity contribution in [3.8, 4) is 5.75 Å². The van der Waals surface area contributed by atoms with Crippen LogP contribution in [0.2, 0.25) is 0 Å². The molecule has 2 aliphatic heterocycles. The smallest absolute Gasteiger partial charge is 0.415 e. The fourth-order valence-corrected chi connectivity index (χ4v) is 3.87. The highest BCUT2D eigenvalue weighted by atomic mass is 16.6. The molecule has 6 heteroatoms. The van der Waals surface area contributed by atoms with Gasteiger partial charge >= 0.3 is 6.09 Å². The maximum Gasteiger partial charge on any atom is 0.415 e. The van der Waals surface area contributed by atoms with Gasteiger partial charge in [0.15, 0.2) is 0 Å². The van der Waals surface area contributed by atoms with Crippen LogP contribution in [-0.2, 0) is 16.0 Å². The number of carbonyl (C=O) groups excluding carboxylic acids is 2. The highest BCUT2D eigenvalue weighted by Crippen LogP contribution is 2.37. The van der Waals surface area contributed by atoms with Gasteiger partial charge < -0.3 is 14.4 Å². The second-order valence-corrected chi connectivity index (χ2v) is 8.60. The van der Waals surface area contributed by atoms with Crippen LogP contribution < -0.4 is 9.64 Å². The molecule has 0 radical (unpaired) electrons. The summed E-state index contributed by atoms with van der Waals surface area (Å²) in [5.74, 6) is 1.14. The van der Waals surface area contributed by atoms with Crippen molar-refractivity contribution >= 4 is 17.7 Å². The van der Waals surface area contributed by atoms with Crippen molar-refractivity contribution in [1.29, 1.82) is 0 Å². The third-order valence-electron chi connectivity index (χ3n) is 5.12. The van der Waals surface area contributed by atoms with Crippen molar-refractivity contribution in [3.05, 3.63) is 23.8 Å². The molecule has 1 aromatic carbocycles. The largest absolute Gasteiger partial charge is 0.497 e. The lowest BCUT2D eigenvalue weighted by molar-refractivity contribution is -0.134. The number of likely N-dealkylation sites (tertiary alicyclic amines) is 1. The summed E-state index contributed by atoms with van der Waals surface area (Å²) >= 11 is 0. The molecule has 1 fully saturated rings. The normalized spacial score (nSPS) is 22.4. The first-order valence-electron chi connectivity index (χ1n) is 9.67. The quantitative estimate of drug-likeness (QED) is 0.793. The van der Waals surface area contributed by atoms with E-state index in [0.29, 0.717) is 23.8 Å². The van der Waals surface area contributed by atoms with Gasteiger partial charge in [-0.3, -0.25) is 9.69 Å². The van der Waals surface area contributed by atoms with Crippen LogP contribution in [0.15, 0.2) is 18.2 Å². The molecule has 0 aromatic heterocycles. The summed E-state index contributed by atoms with van der Waals surface area (Å²) in [6.45, 7) is 9.15. The van der Waals surface area contributed by atoms with E-state index in [9.17, 15) is 9.59 Å². The lowest BCUT2D eigenvalue weighted by Crippen LogP contribution is -2.52. The Balaban J connectivity index is 1.92. The molecule has 2 atom stereocenters. The number of methoxy groups -OCH3 is 1. The van der Waals surface area contributed by atoms with Crippen molar-refractivity contribution in [2.75, 3.05) is 25.1 Å². The van der Waals surface area contributed by atoms with Gasteiger partial charge in [0.1, 0.15) is 17.4 Å². The third-order valence-corrected chi connectivity index (χ3v) is 5.12.